The summed E-state index contributed by atoms with van der Waals surface area (Å²) in [7, 11) is 5.70. The van der Waals surface area contributed by atoms with Crippen LogP contribution in [0.1, 0.15) is 19.3 Å². The van der Waals surface area contributed by atoms with Gasteiger partial charge in [-0.1, -0.05) is 11.3 Å². The lowest BCUT2D eigenvalue weighted by atomic mass is 10.3. The van der Waals surface area contributed by atoms with Crippen LogP contribution in [0.15, 0.2) is 47.4 Å². The van der Waals surface area contributed by atoms with Crippen molar-refractivity contribution in [1.82, 2.24) is 9.88 Å². The van der Waals surface area contributed by atoms with Gasteiger partial charge in [-0.2, -0.15) is 0 Å². The SMILES string of the molecule is COc1ccc2nc(N(CCCN(C)C)C(=O)CCCSc3ccc(F)cc3)sc2c1.Cl. The molecule has 1 aromatic heterocycles. The van der Waals surface area contributed by atoms with Crippen LogP contribution in [0.4, 0.5) is 9.52 Å². The molecule has 1 amide bonds. The monoisotopic (exact) mass is 497 g/mol. The number of aromatic nitrogens is 1. The largest absolute Gasteiger partial charge is 0.497 e. The zero-order valence-electron chi connectivity index (χ0n) is 18.5. The minimum atomic E-state index is -0.235. The number of carbonyl (C=O) groups excluding carboxylic acids is 1. The first-order valence-electron chi connectivity index (χ1n) is 10.2. The van der Waals surface area contributed by atoms with E-state index in [4.69, 9.17) is 9.72 Å². The second-order valence-electron chi connectivity index (χ2n) is 7.44. The van der Waals surface area contributed by atoms with Crippen molar-refractivity contribution in [3.8, 4) is 5.75 Å². The summed E-state index contributed by atoms with van der Waals surface area (Å²) in [6.07, 6.45) is 2.08. The van der Waals surface area contributed by atoms with Gasteiger partial charge >= 0.3 is 0 Å². The van der Waals surface area contributed by atoms with E-state index >= 15 is 0 Å². The van der Waals surface area contributed by atoms with Gasteiger partial charge < -0.3 is 9.64 Å². The van der Waals surface area contributed by atoms with Crippen molar-refractivity contribution < 1.29 is 13.9 Å². The van der Waals surface area contributed by atoms with Crippen LogP contribution in [0.25, 0.3) is 10.2 Å². The summed E-state index contributed by atoms with van der Waals surface area (Å²) in [6, 6.07) is 12.2. The number of rotatable bonds is 11. The van der Waals surface area contributed by atoms with Crippen LogP contribution >= 0.6 is 35.5 Å². The van der Waals surface area contributed by atoms with Crippen LogP contribution in [0.5, 0.6) is 5.75 Å². The Bertz CT molecular complexity index is 999. The summed E-state index contributed by atoms with van der Waals surface area (Å²) >= 11 is 3.16. The van der Waals surface area contributed by atoms with Crippen LogP contribution in [-0.2, 0) is 4.79 Å². The lowest BCUT2D eigenvalue weighted by Crippen LogP contribution is -2.33. The van der Waals surface area contributed by atoms with Crippen LogP contribution in [0.2, 0.25) is 0 Å². The minimum absolute atomic E-state index is 0. The lowest BCUT2D eigenvalue weighted by molar-refractivity contribution is -0.118. The third kappa shape index (κ3) is 7.62. The molecule has 0 unspecified atom stereocenters. The van der Waals surface area contributed by atoms with Crippen molar-refractivity contribution in [2.45, 2.75) is 24.2 Å². The molecule has 0 atom stereocenters. The average molecular weight is 498 g/mol. The zero-order valence-corrected chi connectivity index (χ0v) is 21.0. The van der Waals surface area contributed by atoms with Crippen LogP contribution < -0.4 is 9.64 Å². The molecule has 0 radical (unpaired) electrons. The number of ether oxygens (including phenoxy) is 1. The Morgan fingerprint density at radius 2 is 1.88 bits per heavy atom. The molecule has 0 spiro atoms. The van der Waals surface area contributed by atoms with E-state index in [1.54, 1.807) is 31.0 Å². The number of carbonyl (C=O) groups is 1. The summed E-state index contributed by atoms with van der Waals surface area (Å²) in [5, 5.41) is 0.734. The number of fused-ring (bicyclic) bond motifs is 1. The topological polar surface area (TPSA) is 45.7 Å². The van der Waals surface area contributed by atoms with Gasteiger partial charge in [0.1, 0.15) is 11.6 Å². The molecule has 1 heterocycles. The molecule has 0 saturated heterocycles. The van der Waals surface area contributed by atoms with Gasteiger partial charge in [0.2, 0.25) is 5.91 Å². The Kier molecular flexibility index (Phi) is 10.7. The Morgan fingerprint density at radius 1 is 1.12 bits per heavy atom. The molecule has 2 aromatic carbocycles. The molecule has 0 aliphatic carbocycles. The zero-order chi connectivity index (χ0) is 22.2. The van der Waals surface area contributed by atoms with Crippen LogP contribution in [0.3, 0.4) is 0 Å². The van der Waals surface area contributed by atoms with Gasteiger partial charge in [0, 0.05) is 17.9 Å². The van der Waals surface area contributed by atoms with Crippen molar-refractivity contribution in [2.24, 2.45) is 0 Å². The number of halogens is 2. The highest BCUT2D eigenvalue weighted by atomic mass is 35.5. The standard InChI is InChI=1S/C23H28FN3O2S2.ClH/c1-26(2)13-5-14-27(23-25-20-12-9-18(29-3)16-21(20)31-23)22(28)6-4-15-30-19-10-7-17(24)8-11-19;/h7-12,16H,4-6,13-15H2,1-3H3;1H. The predicted octanol–water partition coefficient (Wildman–Crippen LogP) is 5.72. The number of hydrogen-bond donors (Lipinski definition) is 0. The molecule has 0 bridgehead atoms. The van der Waals surface area contributed by atoms with Crippen LogP contribution in [-0.4, -0.2) is 55.8 Å². The molecular formula is C23H29ClFN3O2S2. The van der Waals surface area contributed by atoms with E-state index in [0.717, 1.165) is 51.1 Å². The number of benzene rings is 2. The third-order valence-electron chi connectivity index (χ3n) is 4.72. The van der Waals surface area contributed by atoms with E-state index in [0.29, 0.717) is 13.0 Å². The molecule has 5 nitrogen and oxygen atoms in total. The number of hydrogen-bond acceptors (Lipinski definition) is 6. The van der Waals surface area contributed by atoms with Gasteiger partial charge in [0.25, 0.3) is 0 Å². The van der Waals surface area contributed by atoms with Gasteiger partial charge in [0.05, 0.1) is 17.3 Å². The number of thioether (sulfide) groups is 1. The molecule has 3 aromatic rings. The summed E-state index contributed by atoms with van der Waals surface area (Å²) in [5.41, 5.74) is 0.873. The molecule has 3 rings (SSSR count). The van der Waals surface area contributed by atoms with Crippen molar-refractivity contribution in [1.29, 1.82) is 0 Å². The quantitative estimate of drug-likeness (QED) is 0.250. The van der Waals surface area contributed by atoms with Crippen molar-refractivity contribution in [3.05, 3.63) is 48.3 Å². The first-order valence-corrected chi connectivity index (χ1v) is 12.0. The van der Waals surface area contributed by atoms with E-state index in [-0.39, 0.29) is 24.1 Å². The van der Waals surface area contributed by atoms with Gasteiger partial charge in [-0.15, -0.1) is 24.2 Å². The van der Waals surface area contributed by atoms with Gasteiger partial charge in [-0.05, 0) is 81.7 Å². The molecule has 0 aliphatic heterocycles. The molecule has 32 heavy (non-hydrogen) atoms. The fourth-order valence-electron chi connectivity index (χ4n) is 3.09. The van der Waals surface area contributed by atoms with Gasteiger partial charge in [-0.25, -0.2) is 9.37 Å². The average Bonchev–Trinajstić information content (AvgIpc) is 3.17. The summed E-state index contributed by atoms with van der Waals surface area (Å²) < 4.78 is 19.3. The fraction of sp³-hybridized carbons (Fsp3) is 0.391. The molecule has 0 fully saturated rings. The predicted molar refractivity (Wildman–Crippen MR) is 135 cm³/mol. The number of anilines is 1. The Hall–Kier alpha value is -1.87. The number of methoxy groups -OCH3 is 1. The second-order valence-corrected chi connectivity index (χ2v) is 9.62. The fourth-order valence-corrected chi connectivity index (χ4v) is 4.98. The highest BCUT2D eigenvalue weighted by molar-refractivity contribution is 7.99. The lowest BCUT2D eigenvalue weighted by Gasteiger charge is -2.21. The maximum absolute atomic E-state index is 13.1. The number of thiazole rings is 1. The molecule has 9 heteroatoms. The van der Waals surface area contributed by atoms with E-state index in [9.17, 15) is 9.18 Å². The first kappa shape index (κ1) is 26.4. The van der Waals surface area contributed by atoms with Crippen molar-refractivity contribution in [2.75, 3.05) is 44.9 Å². The van der Waals surface area contributed by atoms with E-state index in [1.807, 2.05) is 37.2 Å². The third-order valence-corrected chi connectivity index (χ3v) is 6.86. The number of amides is 1. The number of nitrogens with zero attached hydrogens (tertiary/aromatic N) is 3. The second kappa shape index (κ2) is 13.0. The van der Waals surface area contributed by atoms with Gasteiger partial charge in [0.15, 0.2) is 5.13 Å². The maximum atomic E-state index is 13.1. The molecule has 0 saturated carbocycles. The van der Waals surface area contributed by atoms with Crippen molar-refractivity contribution in [3.63, 3.8) is 0 Å². The van der Waals surface area contributed by atoms with E-state index < -0.39 is 0 Å². The highest BCUT2D eigenvalue weighted by Gasteiger charge is 2.19. The van der Waals surface area contributed by atoms with Gasteiger partial charge in [-0.3, -0.25) is 9.69 Å². The summed E-state index contributed by atoms with van der Waals surface area (Å²) in [4.78, 5) is 22.7. The maximum Gasteiger partial charge on any atom is 0.228 e. The minimum Gasteiger partial charge on any atom is -0.497 e. The van der Waals surface area contributed by atoms with E-state index in [1.165, 1.54) is 23.5 Å². The Labute approximate surface area is 203 Å². The normalized spacial score (nSPS) is 10.9. The van der Waals surface area contributed by atoms with Crippen molar-refractivity contribution >= 4 is 56.8 Å². The first-order chi connectivity index (χ1) is 15.0. The highest BCUT2D eigenvalue weighted by Crippen LogP contribution is 2.32. The Morgan fingerprint density at radius 3 is 2.56 bits per heavy atom. The smallest absolute Gasteiger partial charge is 0.228 e. The molecular weight excluding hydrogens is 469 g/mol. The summed E-state index contributed by atoms with van der Waals surface area (Å²) in [5.74, 6) is 1.44. The van der Waals surface area contributed by atoms with Crippen LogP contribution in [0, 0.1) is 5.82 Å². The molecule has 0 N–H and O–H groups in total. The summed E-state index contributed by atoms with van der Waals surface area (Å²) in [6.45, 7) is 1.54. The Balaban J connectivity index is 0.00000363. The van der Waals surface area contributed by atoms with E-state index in [2.05, 4.69) is 4.90 Å². The molecule has 174 valence electrons. The molecule has 0 aliphatic rings.